The minimum Gasteiger partial charge on any atom is -0.342 e. The molecule has 0 aliphatic carbocycles. The van der Waals surface area contributed by atoms with E-state index >= 15 is 0 Å². The number of alkyl halides is 1. The first-order valence-electron chi connectivity index (χ1n) is 3.16. The topological polar surface area (TPSA) is 20.3 Å². The van der Waals surface area contributed by atoms with E-state index in [-0.39, 0.29) is 5.91 Å². The minimum atomic E-state index is -0.0130. The van der Waals surface area contributed by atoms with Gasteiger partial charge in [0.1, 0.15) is 0 Å². The maximum Gasteiger partial charge on any atom is 0.245 e. The van der Waals surface area contributed by atoms with Crippen molar-refractivity contribution in [2.45, 2.75) is 6.42 Å². The normalized spacial score (nSPS) is 9.00. The zero-order valence-corrected chi connectivity index (χ0v) is 7.73. The van der Waals surface area contributed by atoms with Crippen molar-refractivity contribution in [2.24, 2.45) is 0 Å². The highest BCUT2D eigenvalue weighted by Gasteiger charge is 2.00. The summed E-state index contributed by atoms with van der Waals surface area (Å²) in [5.41, 5.74) is 0. The van der Waals surface area contributed by atoms with Gasteiger partial charge >= 0.3 is 0 Å². The van der Waals surface area contributed by atoms with Gasteiger partial charge in [0.05, 0.1) is 0 Å². The van der Waals surface area contributed by atoms with E-state index in [1.165, 1.54) is 6.08 Å². The van der Waals surface area contributed by atoms with E-state index in [1.807, 2.05) is 0 Å². The Kier molecular flexibility index (Phi) is 5.30. The molecule has 0 spiro atoms. The van der Waals surface area contributed by atoms with Gasteiger partial charge in [0.25, 0.3) is 0 Å². The molecule has 10 heavy (non-hydrogen) atoms. The van der Waals surface area contributed by atoms with Crippen LogP contribution in [0.4, 0.5) is 0 Å². The molecule has 0 saturated heterocycles. The van der Waals surface area contributed by atoms with Gasteiger partial charge in [-0.15, -0.1) is 0 Å². The van der Waals surface area contributed by atoms with Crippen LogP contribution < -0.4 is 0 Å². The molecule has 0 bridgehead atoms. The van der Waals surface area contributed by atoms with Crippen LogP contribution in [0.3, 0.4) is 0 Å². The number of amides is 1. The lowest BCUT2D eigenvalue weighted by molar-refractivity contribution is -0.124. The SMILES string of the molecule is C=CC(=O)N(C)CCCBr. The number of hydrogen-bond donors (Lipinski definition) is 0. The van der Waals surface area contributed by atoms with E-state index in [4.69, 9.17) is 0 Å². The molecule has 0 N–H and O–H groups in total. The Balaban J connectivity index is 3.51. The highest BCUT2D eigenvalue weighted by Crippen LogP contribution is 1.92. The molecule has 0 aromatic heterocycles. The number of carbonyl (C=O) groups excluding carboxylic acids is 1. The Bertz CT molecular complexity index is 125. The van der Waals surface area contributed by atoms with Crippen molar-refractivity contribution in [1.29, 1.82) is 0 Å². The van der Waals surface area contributed by atoms with Crippen LogP contribution in [-0.4, -0.2) is 29.7 Å². The van der Waals surface area contributed by atoms with Crippen molar-refractivity contribution in [3.8, 4) is 0 Å². The number of rotatable bonds is 4. The van der Waals surface area contributed by atoms with Crippen LogP contribution in [0.1, 0.15) is 6.42 Å². The van der Waals surface area contributed by atoms with Crippen molar-refractivity contribution >= 4 is 21.8 Å². The molecule has 0 radical (unpaired) electrons. The monoisotopic (exact) mass is 205 g/mol. The van der Waals surface area contributed by atoms with E-state index in [2.05, 4.69) is 22.5 Å². The third-order valence-corrected chi connectivity index (χ3v) is 1.74. The Morgan fingerprint density at radius 1 is 1.80 bits per heavy atom. The summed E-state index contributed by atoms with van der Waals surface area (Å²) in [6.45, 7) is 4.17. The Morgan fingerprint density at radius 3 is 2.80 bits per heavy atom. The fourth-order valence-corrected chi connectivity index (χ4v) is 0.814. The molecule has 0 aromatic rings. The standard InChI is InChI=1S/C7H12BrNO/c1-3-7(10)9(2)6-4-5-8/h3H,1,4-6H2,2H3. The number of nitrogens with zero attached hydrogens (tertiary/aromatic N) is 1. The van der Waals surface area contributed by atoms with E-state index in [9.17, 15) is 4.79 Å². The molecule has 0 saturated carbocycles. The van der Waals surface area contributed by atoms with E-state index in [0.29, 0.717) is 0 Å². The van der Waals surface area contributed by atoms with Gasteiger partial charge in [0, 0.05) is 18.9 Å². The molecule has 0 aliphatic heterocycles. The van der Waals surface area contributed by atoms with E-state index in [0.717, 1.165) is 18.3 Å². The smallest absolute Gasteiger partial charge is 0.245 e. The summed E-state index contributed by atoms with van der Waals surface area (Å²) in [6.07, 6.45) is 2.31. The largest absolute Gasteiger partial charge is 0.342 e. The molecule has 1 amide bonds. The molecule has 58 valence electrons. The van der Waals surface area contributed by atoms with Crippen LogP contribution in [0.15, 0.2) is 12.7 Å². The fourth-order valence-electron chi connectivity index (χ4n) is 0.563. The van der Waals surface area contributed by atoms with Crippen molar-refractivity contribution in [3.63, 3.8) is 0 Å². The van der Waals surface area contributed by atoms with E-state index in [1.54, 1.807) is 11.9 Å². The Hall–Kier alpha value is -0.310. The van der Waals surface area contributed by atoms with Crippen molar-refractivity contribution < 1.29 is 4.79 Å². The number of hydrogen-bond acceptors (Lipinski definition) is 1. The predicted octanol–water partition coefficient (Wildman–Crippen LogP) is 1.42. The minimum absolute atomic E-state index is 0.0130. The third-order valence-electron chi connectivity index (χ3n) is 1.18. The first kappa shape index (κ1) is 9.69. The second-order valence-corrected chi connectivity index (χ2v) is 2.80. The van der Waals surface area contributed by atoms with Crippen LogP contribution in [0, 0.1) is 0 Å². The highest BCUT2D eigenvalue weighted by molar-refractivity contribution is 9.09. The molecule has 2 nitrogen and oxygen atoms in total. The van der Waals surface area contributed by atoms with Crippen molar-refractivity contribution in [1.82, 2.24) is 4.90 Å². The zero-order valence-electron chi connectivity index (χ0n) is 6.14. The maximum atomic E-state index is 10.8. The van der Waals surface area contributed by atoms with Crippen LogP contribution in [-0.2, 0) is 4.79 Å². The number of carbonyl (C=O) groups is 1. The predicted molar refractivity (Wildman–Crippen MR) is 46.2 cm³/mol. The quantitative estimate of drug-likeness (QED) is 0.503. The van der Waals surface area contributed by atoms with Crippen molar-refractivity contribution in [2.75, 3.05) is 18.9 Å². The Labute approximate surface area is 70.0 Å². The lowest BCUT2D eigenvalue weighted by atomic mass is 10.4. The first-order chi connectivity index (χ1) is 4.72. The van der Waals surface area contributed by atoms with Gasteiger partial charge < -0.3 is 4.90 Å². The van der Waals surface area contributed by atoms with Crippen molar-refractivity contribution in [3.05, 3.63) is 12.7 Å². The van der Waals surface area contributed by atoms with Gasteiger partial charge in [0.15, 0.2) is 0 Å². The molecule has 0 heterocycles. The lowest BCUT2D eigenvalue weighted by Gasteiger charge is -2.12. The van der Waals surface area contributed by atoms with Crippen LogP contribution >= 0.6 is 15.9 Å². The lowest BCUT2D eigenvalue weighted by Crippen LogP contribution is -2.25. The Morgan fingerprint density at radius 2 is 2.40 bits per heavy atom. The average molecular weight is 206 g/mol. The summed E-state index contributed by atoms with van der Waals surface area (Å²) in [6, 6.07) is 0. The average Bonchev–Trinajstić information content (AvgIpc) is 1.98. The zero-order chi connectivity index (χ0) is 7.98. The third kappa shape index (κ3) is 3.67. The van der Waals surface area contributed by atoms with Crippen LogP contribution in [0.25, 0.3) is 0 Å². The molecule has 0 aromatic carbocycles. The van der Waals surface area contributed by atoms with Crippen LogP contribution in [0.5, 0.6) is 0 Å². The molecule has 0 rings (SSSR count). The maximum absolute atomic E-state index is 10.8. The summed E-state index contributed by atoms with van der Waals surface area (Å²) in [4.78, 5) is 12.5. The summed E-state index contributed by atoms with van der Waals surface area (Å²) >= 11 is 3.29. The van der Waals surface area contributed by atoms with Gasteiger partial charge in [-0.2, -0.15) is 0 Å². The summed E-state index contributed by atoms with van der Waals surface area (Å²) in [5.74, 6) is -0.0130. The van der Waals surface area contributed by atoms with Gasteiger partial charge in [-0.05, 0) is 12.5 Å². The second kappa shape index (κ2) is 5.47. The highest BCUT2D eigenvalue weighted by atomic mass is 79.9. The molecule has 0 atom stereocenters. The molecular formula is C7H12BrNO. The summed E-state index contributed by atoms with van der Waals surface area (Å²) < 4.78 is 0. The van der Waals surface area contributed by atoms with Gasteiger partial charge in [-0.25, -0.2) is 0 Å². The first-order valence-corrected chi connectivity index (χ1v) is 4.28. The van der Waals surface area contributed by atoms with Gasteiger partial charge in [0.2, 0.25) is 5.91 Å². The molecule has 3 heteroatoms. The fraction of sp³-hybridized carbons (Fsp3) is 0.571. The summed E-state index contributed by atoms with van der Waals surface area (Å²) in [5, 5.41) is 0.932. The summed E-state index contributed by atoms with van der Waals surface area (Å²) in [7, 11) is 1.77. The second-order valence-electron chi connectivity index (χ2n) is 2.01. The van der Waals surface area contributed by atoms with Gasteiger partial charge in [-0.3, -0.25) is 4.79 Å². The molecule has 0 unspecified atom stereocenters. The molecule has 0 fully saturated rings. The van der Waals surface area contributed by atoms with Crippen LogP contribution in [0.2, 0.25) is 0 Å². The van der Waals surface area contributed by atoms with Gasteiger partial charge in [-0.1, -0.05) is 22.5 Å². The molecular weight excluding hydrogens is 194 g/mol. The van der Waals surface area contributed by atoms with E-state index < -0.39 is 0 Å². The number of halogens is 1. The molecule has 0 aliphatic rings. The number of likely N-dealkylation sites (N-methyl/N-ethyl adjacent to an activating group) is 1.